The Morgan fingerprint density at radius 3 is 3.04 bits per heavy atom. The first kappa shape index (κ1) is 15.1. The molecule has 0 saturated heterocycles. The van der Waals surface area contributed by atoms with Gasteiger partial charge in [-0.25, -0.2) is 9.97 Å². The lowest BCUT2D eigenvalue weighted by Crippen LogP contribution is -2.08. The van der Waals surface area contributed by atoms with Gasteiger partial charge in [-0.15, -0.1) is 0 Å². The summed E-state index contributed by atoms with van der Waals surface area (Å²) < 4.78 is 7.78. The summed E-state index contributed by atoms with van der Waals surface area (Å²) in [5.74, 6) is 1.42. The molecule has 0 fully saturated rings. The maximum absolute atomic E-state index is 5.82. The zero-order valence-electron chi connectivity index (χ0n) is 13.1. The molecule has 3 aromatic rings. The minimum Gasteiger partial charge on any atom is -0.482 e. The van der Waals surface area contributed by atoms with Gasteiger partial charge >= 0.3 is 0 Å². The number of imidazole rings is 1. The van der Waals surface area contributed by atoms with E-state index < -0.39 is 0 Å². The first-order valence-corrected chi connectivity index (χ1v) is 7.68. The Morgan fingerprint density at radius 2 is 2.22 bits per heavy atom. The molecular weight excluding hydrogens is 292 g/mol. The number of nitrogens with zero attached hydrogens (tertiary/aromatic N) is 4. The predicted octanol–water partition coefficient (Wildman–Crippen LogP) is 2.50. The van der Waals surface area contributed by atoms with Crippen LogP contribution < -0.4 is 15.8 Å². The van der Waals surface area contributed by atoms with Crippen molar-refractivity contribution in [2.75, 3.05) is 17.6 Å². The van der Waals surface area contributed by atoms with Gasteiger partial charge in [0, 0.05) is 18.9 Å². The largest absolute Gasteiger partial charge is 0.482 e. The van der Waals surface area contributed by atoms with Crippen molar-refractivity contribution in [3.05, 3.63) is 42.5 Å². The van der Waals surface area contributed by atoms with Gasteiger partial charge < -0.3 is 20.2 Å². The molecule has 23 heavy (non-hydrogen) atoms. The third kappa shape index (κ3) is 3.68. The number of rotatable bonds is 7. The van der Waals surface area contributed by atoms with Crippen molar-refractivity contribution >= 4 is 17.4 Å². The van der Waals surface area contributed by atoms with Gasteiger partial charge in [0.25, 0.3) is 0 Å². The summed E-state index contributed by atoms with van der Waals surface area (Å²) in [4.78, 5) is 12.7. The van der Waals surface area contributed by atoms with Gasteiger partial charge in [-0.2, -0.15) is 4.98 Å². The fourth-order valence-corrected chi connectivity index (χ4v) is 2.21. The number of ether oxygens (including phenoxy) is 1. The third-order valence-corrected chi connectivity index (χ3v) is 3.39. The third-order valence-electron chi connectivity index (χ3n) is 3.39. The predicted molar refractivity (Wildman–Crippen MR) is 89.4 cm³/mol. The van der Waals surface area contributed by atoms with Gasteiger partial charge in [0.1, 0.15) is 12.3 Å². The number of aromatic nitrogens is 4. The average Bonchev–Trinajstić information content (AvgIpc) is 2.97. The van der Waals surface area contributed by atoms with Crippen LogP contribution in [0, 0.1) is 0 Å². The van der Waals surface area contributed by atoms with Gasteiger partial charge in [-0.3, -0.25) is 0 Å². The highest BCUT2D eigenvalue weighted by molar-refractivity contribution is 5.51. The van der Waals surface area contributed by atoms with Crippen molar-refractivity contribution in [2.45, 2.75) is 26.4 Å². The number of hydrogen-bond acceptors (Lipinski definition) is 6. The molecule has 7 heteroatoms. The number of nitrogen functional groups attached to an aromatic ring is 1. The number of hydrogen-bond donors (Lipinski definition) is 2. The highest BCUT2D eigenvalue weighted by atomic mass is 16.5. The summed E-state index contributed by atoms with van der Waals surface area (Å²) in [6, 6.07) is 5.87. The molecule has 3 rings (SSSR count). The molecule has 7 nitrogen and oxygen atoms in total. The zero-order chi connectivity index (χ0) is 16.1. The first-order valence-electron chi connectivity index (χ1n) is 7.68. The molecule has 0 bridgehead atoms. The van der Waals surface area contributed by atoms with Crippen molar-refractivity contribution in [3.8, 4) is 5.75 Å². The van der Waals surface area contributed by atoms with E-state index in [4.69, 9.17) is 10.5 Å². The van der Waals surface area contributed by atoms with Crippen molar-refractivity contribution < 1.29 is 4.74 Å². The van der Waals surface area contributed by atoms with Crippen LogP contribution in [0.5, 0.6) is 5.75 Å². The van der Waals surface area contributed by atoms with E-state index in [0.29, 0.717) is 18.2 Å². The maximum Gasteiger partial charge on any atom is 0.222 e. The quantitative estimate of drug-likeness (QED) is 0.651. The molecule has 120 valence electrons. The number of fused-ring (bicyclic) bond motifs is 1. The van der Waals surface area contributed by atoms with Crippen LogP contribution in [0.25, 0.3) is 5.65 Å². The molecule has 0 aliphatic rings. The SMILES string of the molecule is CCCCNc1nc(N)ncc1OCc1cn2ccccc2n1. The number of anilines is 2. The Hall–Kier alpha value is -2.83. The Kier molecular flexibility index (Phi) is 4.56. The van der Waals surface area contributed by atoms with Crippen LogP contribution >= 0.6 is 0 Å². The molecule has 0 unspecified atom stereocenters. The van der Waals surface area contributed by atoms with Gasteiger partial charge in [0.05, 0.1) is 11.9 Å². The van der Waals surface area contributed by atoms with E-state index >= 15 is 0 Å². The average molecular weight is 312 g/mol. The lowest BCUT2D eigenvalue weighted by molar-refractivity contribution is 0.301. The monoisotopic (exact) mass is 312 g/mol. The summed E-state index contributed by atoms with van der Waals surface area (Å²) in [6.45, 7) is 3.30. The zero-order valence-corrected chi connectivity index (χ0v) is 13.1. The first-order chi connectivity index (χ1) is 11.3. The Labute approximate surface area is 134 Å². The topological polar surface area (TPSA) is 90.4 Å². The summed E-state index contributed by atoms with van der Waals surface area (Å²) in [6.07, 6.45) is 7.64. The van der Waals surface area contributed by atoms with Crippen molar-refractivity contribution in [1.82, 2.24) is 19.4 Å². The van der Waals surface area contributed by atoms with E-state index in [1.54, 1.807) is 6.20 Å². The van der Waals surface area contributed by atoms with Gasteiger partial charge in [0.2, 0.25) is 5.95 Å². The van der Waals surface area contributed by atoms with Crippen LogP contribution in [-0.2, 0) is 6.61 Å². The molecule has 0 atom stereocenters. The highest BCUT2D eigenvalue weighted by Crippen LogP contribution is 2.22. The van der Waals surface area contributed by atoms with Gasteiger partial charge in [-0.05, 0) is 18.6 Å². The summed E-state index contributed by atoms with van der Waals surface area (Å²) in [5.41, 5.74) is 7.39. The summed E-state index contributed by atoms with van der Waals surface area (Å²) >= 11 is 0. The minimum atomic E-state index is 0.226. The highest BCUT2D eigenvalue weighted by Gasteiger charge is 2.09. The van der Waals surface area contributed by atoms with E-state index in [0.717, 1.165) is 30.7 Å². The number of unbranched alkanes of at least 4 members (excludes halogenated alkanes) is 1. The number of nitrogens with one attached hydrogen (secondary N) is 1. The van der Waals surface area contributed by atoms with Crippen LogP contribution in [0.1, 0.15) is 25.5 Å². The van der Waals surface area contributed by atoms with Crippen molar-refractivity contribution in [1.29, 1.82) is 0 Å². The van der Waals surface area contributed by atoms with Crippen molar-refractivity contribution in [3.63, 3.8) is 0 Å². The molecule has 0 aromatic carbocycles. The Morgan fingerprint density at radius 1 is 1.30 bits per heavy atom. The van der Waals surface area contributed by atoms with E-state index in [-0.39, 0.29) is 5.95 Å². The van der Waals surface area contributed by atoms with Crippen molar-refractivity contribution in [2.24, 2.45) is 0 Å². The standard InChI is InChI=1S/C16H20N6O/c1-2-3-7-18-15-13(9-19-16(17)21-15)23-11-12-10-22-8-5-4-6-14(22)20-12/h4-6,8-10H,2-3,7,11H2,1H3,(H3,17,18,19,21). The van der Waals surface area contributed by atoms with E-state index in [2.05, 4.69) is 27.2 Å². The van der Waals surface area contributed by atoms with Crippen LogP contribution in [0.4, 0.5) is 11.8 Å². The molecular formula is C16H20N6O. The minimum absolute atomic E-state index is 0.226. The second-order valence-electron chi connectivity index (χ2n) is 5.21. The lowest BCUT2D eigenvalue weighted by Gasteiger charge is -2.11. The smallest absolute Gasteiger partial charge is 0.222 e. The molecule has 0 aliphatic heterocycles. The van der Waals surface area contributed by atoms with E-state index in [9.17, 15) is 0 Å². The second kappa shape index (κ2) is 6.95. The van der Waals surface area contributed by atoms with Crippen LogP contribution in [0.2, 0.25) is 0 Å². The number of nitrogens with two attached hydrogens (primary N) is 1. The fraction of sp³-hybridized carbons (Fsp3) is 0.312. The molecule has 3 N–H and O–H groups in total. The molecule has 3 heterocycles. The Balaban J connectivity index is 1.71. The Bertz CT molecular complexity index is 752. The lowest BCUT2D eigenvalue weighted by atomic mass is 10.3. The van der Waals surface area contributed by atoms with E-state index in [1.165, 1.54) is 0 Å². The van der Waals surface area contributed by atoms with Crippen LogP contribution in [-0.4, -0.2) is 25.9 Å². The molecule has 0 aliphatic carbocycles. The fourth-order valence-electron chi connectivity index (χ4n) is 2.21. The van der Waals surface area contributed by atoms with Gasteiger partial charge in [0.15, 0.2) is 11.6 Å². The second-order valence-corrected chi connectivity index (χ2v) is 5.21. The molecule has 0 saturated carbocycles. The molecule has 0 radical (unpaired) electrons. The molecule has 0 amide bonds. The normalized spacial score (nSPS) is 10.8. The van der Waals surface area contributed by atoms with Crippen LogP contribution in [0.15, 0.2) is 36.8 Å². The summed E-state index contributed by atoms with van der Waals surface area (Å²) in [5, 5.41) is 3.24. The van der Waals surface area contributed by atoms with Gasteiger partial charge in [-0.1, -0.05) is 19.4 Å². The summed E-state index contributed by atoms with van der Waals surface area (Å²) in [7, 11) is 0. The van der Waals surface area contributed by atoms with E-state index in [1.807, 2.05) is 35.0 Å². The maximum atomic E-state index is 5.82. The molecule has 0 spiro atoms. The number of pyridine rings is 1. The molecule has 3 aromatic heterocycles. The van der Waals surface area contributed by atoms with Crippen LogP contribution in [0.3, 0.4) is 0 Å².